The monoisotopic (exact) mass is 336 g/mol. The van der Waals surface area contributed by atoms with Crippen LogP contribution in [0.3, 0.4) is 0 Å². The third-order valence-electron chi connectivity index (χ3n) is 3.13. The second-order valence-electron chi connectivity index (χ2n) is 5.22. The number of benzene rings is 2. The zero-order valence-corrected chi connectivity index (χ0v) is 13.5. The van der Waals surface area contributed by atoms with Gasteiger partial charge >= 0.3 is 5.69 Å². The van der Waals surface area contributed by atoms with Gasteiger partial charge in [0.15, 0.2) is 5.75 Å². The van der Waals surface area contributed by atoms with Gasteiger partial charge in [-0.1, -0.05) is 29.3 Å². The maximum Gasteiger partial charge on any atom is 0.312 e. The first-order valence-electron chi connectivity index (χ1n) is 6.68. The minimum atomic E-state index is -4.01. The molecule has 7 nitrogen and oxygen atoms in total. The second-order valence-corrected chi connectivity index (χ2v) is 6.78. The molecule has 0 aliphatic heterocycles. The molecule has 0 radical (unpaired) electrons. The molecule has 0 unspecified atom stereocenters. The van der Waals surface area contributed by atoms with Crippen molar-refractivity contribution >= 4 is 15.7 Å². The lowest BCUT2D eigenvalue weighted by molar-refractivity contribution is -0.386. The topological polar surface area (TPSA) is 113 Å². The number of ether oxygens (including phenoxy) is 1. The molecule has 2 rings (SSSR count). The molecule has 0 aliphatic rings. The van der Waals surface area contributed by atoms with E-state index in [4.69, 9.17) is 9.88 Å². The smallest absolute Gasteiger partial charge is 0.312 e. The summed E-state index contributed by atoms with van der Waals surface area (Å²) in [6.45, 7) is 4.03. The van der Waals surface area contributed by atoms with Gasteiger partial charge in [-0.25, -0.2) is 13.6 Å². The van der Waals surface area contributed by atoms with Gasteiger partial charge in [0.05, 0.1) is 9.82 Å². The minimum Gasteiger partial charge on any atom is -0.482 e. The van der Waals surface area contributed by atoms with Crippen LogP contribution >= 0.6 is 0 Å². The number of aryl methyl sites for hydroxylation is 2. The Morgan fingerprint density at radius 2 is 1.74 bits per heavy atom. The highest BCUT2D eigenvalue weighted by Crippen LogP contribution is 2.30. The van der Waals surface area contributed by atoms with Gasteiger partial charge in [0.2, 0.25) is 10.0 Å². The Bertz CT molecular complexity index is 842. The first-order valence-corrected chi connectivity index (χ1v) is 8.22. The van der Waals surface area contributed by atoms with E-state index in [0.717, 1.165) is 22.8 Å². The Kier molecular flexibility index (Phi) is 4.67. The molecule has 0 aliphatic carbocycles. The van der Waals surface area contributed by atoms with Crippen LogP contribution in [0.2, 0.25) is 0 Å². The van der Waals surface area contributed by atoms with Crippen molar-refractivity contribution in [3.05, 3.63) is 63.2 Å². The first kappa shape index (κ1) is 16.9. The molecule has 0 amide bonds. The van der Waals surface area contributed by atoms with E-state index in [9.17, 15) is 18.5 Å². The van der Waals surface area contributed by atoms with Crippen molar-refractivity contribution in [3.63, 3.8) is 0 Å². The summed E-state index contributed by atoms with van der Waals surface area (Å²) >= 11 is 0. The highest BCUT2D eigenvalue weighted by molar-refractivity contribution is 7.89. The van der Waals surface area contributed by atoms with Crippen LogP contribution in [0.15, 0.2) is 41.3 Å². The molecule has 0 bridgehead atoms. The van der Waals surface area contributed by atoms with Crippen LogP contribution in [-0.4, -0.2) is 13.3 Å². The van der Waals surface area contributed by atoms with Gasteiger partial charge in [0, 0.05) is 6.07 Å². The van der Waals surface area contributed by atoms with Crippen LogP contribution in [-0.2, 0) is 16.6 Å². The second kappa shape index (κ2) is 6.35. The van der Waals surface area contributed by atoms with E-state index in [1.54, 1.807) is 0 Å². The number of hydrogen-bond donors (Lipinski definition) is 1. The van der Waals surface area contributed by atoms with Crippen LogP contribution < -0.4 is 9.88 Å². The van der Waals surface area contributed by atoms with E-state index in [2.05, 4.69) is 0 Å². The summed E-state index contributed by atoms with van der Waals surface area (Å²) in [5.41, 5.74) is 2.54. The fraction of sp³-hybridized carbons (Fsp3) is 0.200. The van der Waals surface area contributed by atoms with Gasteiger partial charge in [-0.05, 0) is 31.5 Å². The zero-order chi connectivity index (χ0) is 17.2. The number of nitro groups is 1. The third kappa shape index (κ3) is 4.27. The average molecular weight is 336 g/mol. The Labute approximate surface area is 133 Å². The molecule has 2 N–H and O–H groups in total. The normalized spacial score (nSPS) is 11.3. The van der Waals surface area contributed by atoms with Crippen molar-refractivity contribution in [1.82, 2.24) is 0 Å². The molecule has 0 fully saturated rings. The number of sulfonamides is 1. The standard InChI is InChI=1S/C15H16N2O5S/c1-10-5-11(2)7-12(6-10)9-22-15-4-3-13(23(16,20)21)8-14(15)17(18)19/h3-8H,9H2,1-2H3,(H2,16,20,21). The molecule has 23 heavy (non-hydrogen) atoms. The van der Waals surface area contributed by atoms with Gasteiger partial charge in [-0.15, -0.1) is 0 Å². The van der Waals surface area contributed by atoms with Gasteiger partial charge in [-0.3, -0.25) is 10.1 Å². The molecular weight excluding hydrogens is 320 g/mol. The van der Waals surface area contributed by atoms with E-state index in [1.165, 1.54) is 12.1 Å². The quantitative estimate of drug-likeness (QED) is 0.665. The summed E-state index contributed by atoms with van der Waals surface area (Å²) in [5, 5.41) is 16.1. The van der Waals surface area contributed by atoms with E-state index in [0.29, 0.717) is 0 Å². The highest BCUT2D eigenvalue weighted by atomic mass is 32.2. The molecule has 0 saturated heterocycles. The summed E-state index contributed by atoms with van der Waals surface area (Å²) in [6, 6.07) is 9.15. The molecule has 0 aromatic heterocycles. The summed E-state index contributed by atoms with van der Waals surface area (Å²) in [4.78, 5) is 10.1. The molecule has 2 aromatic rings. The van der Waals surface area contributed by atoms with Crippen molar-refractivity contribution in [2.75, 3.05) is 0 Å². The molecule has 2 aromatic carbocycles. The number of rotatable bonds is 5. The molecular formula is C15H16N2O5S. The van der Waals surface area contributed by atoms with E-state index in [-0.39, 0.29) is 17.3 Å². The lowest BCUT2D eigenvalue weighted by Crippen LogP contribution is -2.12. The van der Waals surface area contributed by atoms with Crippen LogP contribution in [0.5, 0.6) is 5.75 Å². The minimum absolute atomic E-state index is 0.0124. The maximum absolute atomic E-state index is 11.3. The maximum atomic E-state index is 11.3. The molecule has 122 valence electrons. The van der Waals surface area contributed by atoms with Crippen LogP contribution in [0, 0.1) is 24.0 Å². The van der Waals surface area contributed by atoms with Gasteiger partial charge in [-0.2, -0.15) is 0 Å². The van der Waals surface area contributed by atoms with Crippen molar-refractivity contribution in [2.45, 2.75) is 25.3 Å². The third-order valence-corrected chi connectivity index (χ3v) is 4.04. The van der Waals surface area contributed by atoms with Gasteiger partial charge < -0.3 is 4.74 Å². The SMILES string of the molecule is Cc1cc(C)cc(COc2ccc(S(N)(=O)=O)cc2[N+](=O)[O-])c1. The first-order chi connectivity index (χ1) is 10.7. The molecule has 0 heterocycles. The number of nitrogens with two attached hydrogens (primary N) is 1. The fourth-order valence-corrected chi connectivity index (χ4v) is 2.79. The number of nitro benzene ring substituents is 1. The predicted molar refractivity (Wildman–Crippen MR) is 84.7 cm³/mol. The Balaban J connectivity index is 2.30. The number of primary sulfonamides is 1. The van der Waals surface area contributed by atoms with Gasteiger partial charge in [0.25, 0.3) is 0 Å². The molecule has 0 atom stereocenters. The molecule has 0 spiro atoms. The number of nitrogens with zero attached hydrogens (tertiary/aromatic N) is 1. The summed E-state index contributed by atoms with van der Waals surface area (Å²) in [6.07, 6.45) is 0. The van der Waals surface area contributed by atoms with Gasteiger partial charge in [0.1, 0.15) is 6.61 Å². The Morgan fingerprint density at radius 3 is 2.26 bits per heavy atom. The molecule has 8 heteroatoms. The van der Waals surface area contributed by atoms with Crippen molar-refractivity contribution in [3.8, 4) is 5.75 Å². The van der Waals surface area contributed by atoms with Crippen LogP contribution in [0.4, 0.5) is 5.69 Å². The Morgan fingerprint density at radius 1 is 1.13 bits per heavy atom. The van der Waals surface area contributed by atoms with E-state index < -0.39 is 20.6 Å². The lowest BCUT2D eigenvalue weighted by Gasteiger charge is -2.09. The highest BCUT2D eigenvalue weighted by Gasteiger charge is 2.20. The zero-order valence-electron chi connectivity index (χ0n) is 12.6. The largest absolute Gasteiger partial charge is 0.482 e. The average Bonchev–Trinajstić information content (AvgIpc) is 2.42. The van der Waals surface area contributed by atoms with Crippen LogP contribution in [0.25, 0.3) is 0 Å². The Hall–Kier alpha value is -2.45. The van der Waals surface area contributed by atoms with E-state index in [1.807, 2.05) is 32.0 Å². The summed E-state index contributed by atoms with van der Waals surface area (Å²) < 4.78 is 28.1. The van der Waals surface area contributed by atoms with Crippen molar-refractivity contribution in [2.24, 2.45) is 5.14 Å². The predicted octanol–water partition coefficient (Wildman–Crippen LogP) is 2.44. The van der Waals surface area contributed by atoms with E-state index >= 15 is 0 Å². The summed E-state index contributed by atoms with van der Waals surface area (Å²) in [5.74, 6) is -0.0124. The molecule has 0 saturated carbocycles. The number of hydrogen-bond acceptors (Lipinski definition) is 5. The van der Waals surface area contributed by atoms with Crippen LogP contribution in [0.1, 0.15) is 16.7 Å². The fourth-order valence-electron chi connectivity index (χ4n) is 2.25. The van der Waals surface area contributed by atoms with Crippen molar-refractivity contribution < 1.29 is 18.1 Å². The summed E-state index contributed by atoms with van der Waals surface area (Å²) in [7, 11) is -4.01. The lowest BCUT2D eigenvalue weighted by atomic mass is 10.1. The van der Waals surface area contributed by atoms with Crippen molar-refractivity contribution in [1.29, 1.82) is 0 Å².